The molecule has 1 aromatic carbocycles. The second-order valence-electron chi connectivity index (χ2n) is 7.73. The van der Waals surface area contributed by atoms with Crippen molar-refractivity contribution in [3.63, 3.8) is 0 Å². The van der Waals surface area contributed by atoms with E-state index < -0.39 is 65.1 Å². The summed E-state index contributed by atoms with van der Waals surface area (Å²) in [6.07, 6.45) is -2.44. The topological polar surface area (TPSA) is 240 Å². The first-order chi connectivity index (χ1) is 14.8. The highest BCUT2D eigenvalue weighted by atomic mass is 16.4. The largest absolute Gasteiger partial charge is 0.504 e. The van der Waals surface area contributed by atoms with E-state index in [1.54, 1.807) is 0 Å². The molecular weight excluding hydrogens is 430 g/mol. The molecule has 0 spiro atoms. The van der Waals surface area contributed by atoms with E-state index in [2.05, 4.69) is 10.6 Å². The van der Waals surface area contributed by atoms with Crippen molar-refractivity contribution in [2.45, 2.75) is 56.0 Å². The van der Waals surface area contributed by atoms with Gasteiger partial charge in [-0.25, -0.2) is 4.79 Å². The third-order valence-corrected chi connectivity index (χ3v) is 5.53. The molecule has 1 aromatic rings. The predicted molar refractivity (Wildman–Crippen MR) is 106 cm³/mol. The van der Waals surface area contributed by atoms with Crippen molar-refractivity contribution in [1.29, 1.82) is 0 Å². The minimum absolute atomic E-state index is 0.0639. The Balaban J connectivity index is 2.17. The molecule has 1 saturated heterocycles. The summed E-state index contributed by atoms with van der Waals surface area (Å²) >= 11 is 0. The number of nitrogens with two attached hydrogens (primary N) is 1. The van der Waals surface area contributed by atoms with E-state index in [4.69, 9.17) is 10.8 Å². The number of phenols is 2. The number of rotatable bonds is 9. The molecule has 1 amide bonds. The standard InChI is InChI=1S/C19H25N3O10/c1-7-4-8(5-11(23)13(7)24)15(26)21-10(16(27)28)6-9-2-3-19(22-9,18(31)32)14(25)12(20)17(29)30/h4-5,9-10,12,14,22-25H,2-3,6,20H2,1H3,(H,21,26)(H,27,28)(H,29,30)(H,31,32)/t9?,10-,12?,14-,19?/m0/s1. The van der Waals surface area contributed by atoms with E-state index in [9.17, 15) is 44.7 Å². The Bertz CT molecular complexity index is 913. The van der Waals surface area contributed by atoms with Gasteiger partial charge in [0.15, 0.2) is 11.5 Å². The molecular formula is C19H25N3O10. The lowest BCUT2D eigenvalue weighted by Crippen LogP contribution is -2.65. The average molecular weight is 455 g/mol. The van der Waals surface area contributed by atoms with Crippen LogP contribution in [0.25, 0.3) is 0 Å². The second kappa shape index (κ2) is 9.38. The van der Waals surface area contributed by atoms with Gasteiger partial charge in [-0.3, -0.25) is 19.7 Å². The van der Waals surface area contributed by atoms with Gasteiger partial charge in [0.1, 0.15) is 23.7 Å². The highest BCUT2D eigenvalue weighted by Crippen LogP contribution is 2.31. The maximum absolute atomic E-state index is 12.5. The Morgan fingerprint density at radius 1 is 1.19 bits per heavy atom. The van der Waals surface area contributed by atoms with Crippen molar-refractivity contribution < 1.29 is 49.8 Å². The fourth-order valence-electron chi connectivity index (χ4n) is 3.70. The number of aliphatic hydroxyl groups excluding tert-OH is 1. The zero-order chi connectivity index (χ0) is 24.4. The van der Waals surface area contributed by atoms with Crippen molar-refractivity contribution in [1.82, 2.24) is 10.6 Å². The molecule has 32 heavy (non-hydrogen) atoms. The minimum atomic E-state index is -2.10. The predicted octanol–water partition coefficient (Wildman–Crippen LogP) is -1.67. The number of aromatic hydroxyl groups is 2. The van der Waals surface area contributed by atoms with Gasteiger partial charge >= 0.3 is 17.9 Å². The van der Waals surface area contributed by atoms with Gasteiger partial charge in [-0.1, -0.05) is 0 Å². The smallest absolute Gasteiger partial charge is 0.326 e. The van der Waals surface area contributed by atoms with Gasteiger partial charge in [0.2, 0.25) is 0 Å². The van der Waals surface area contributed by atoms with Crippen LogP contribution in [-0.2, 0) is 14.4 Å². The molecule has 1 fully saturated rings. The number of hydrogen-bond acceptors (Lipinski definition) is 9. The number of benzene rings is 1. The maximum atomic E-state index is 12.5. The molecule has 13 nitrogen and oxygen atoms in total. The SMILES string of the molecule is Cc1cc(C(=O)N[C@@H](CC2CCC(C(=O)O)([C@@H](O)C(N)C(=O)O)N2)C(=O)O)cc(O)c1O. The first-order valence-corrected chi connectivity index (χ1v) is 9.54. The molecule has 5 atom stereocenters. The molecule has 10 N–H and O–H groups in total. The lowest BCUT2D eigenvalue weighted by atomic mass is 9.86. The number of carbonyl (C=O) groups excluding carboxylic acids is 1. The van der Waals surface area contributed by atoms with Crippen LogP contribution in [0.2, 0.25) is 0 Å². The highest BCUT2D eigenvalue weighted by molar-refractivity contribution is 5.97. The monoisotopic (exact) mass is 455 g/mol. The number of phenolic OH excluding ortho intramolecular Hbond substituents is 2. The number of carbonyl (C=O) groups is 4. The third-order valence-electron chi connectivity index (χ3n) is 5.53. The molecule has 176 valence electrons. The van der Waals surface area contributed by atoms with Crippen molar-refractivity contribution in [2.75, 3.05) is 0 Å². The van der Waals surface area contributed by atoms with Crippen molar-refractivity contribution in [3.8, 4) is 11.5 Å². The molecule has 2 rings (SSSR count). The molecule has 3 unspecified atom stereocenters. The number of aliphatic hydroxyl groups is 1. The number of aryl methyl sites for hydroxylation is 1. The van der Waals surface area contributed by atoms with Crippen LogP contribution in [0.4, 0.5) is 0 Å². The third kappa shape index (κ3) is 4.90. The number of nitrogens with one attached hydrogen (secondary N) is 2. The van der Waals surface area contributed by atoms with Crippen LogP contribution in [0.5, 0.6) is 11.5 Å². The van der Waals surface area contributed by atoms with E-state index in [1.807, 2.05) is 0 Å². The Morgan fingerprint density at radius 2 is 1.81 bits per heavy atom. The molecule has 1 aliphatic heterocycles. The lowest BCUT2D eigenvalue weighted by Gasteiger charge is -2.33. The molecule has 0 saturated carbocycles. The van der Waals surface area contributed by atoms with Crippen LogP contribution < -0.4 is 16.4 Å². The lowest BCUT2D eigenvalue weighted by molar-refractivity contribution is -0.153. The summed E-state index contributed by atoms with van der Waals surface area (Å²) in [5, 5.41) is 62.4. The zero-order valence-corrected chi connectivity index (χ0v) is 17.0. The van der Waals surface area contributed by atoms with Crippen LogP contribution in [0.3, 0.4) is 0 Å². The number of carboxylic acids is 3. The molecule has 1 heterocycles. The van der Waals surface area contributed by atoms with Gasteiger partial charge in [-0.15, -0.1) is 0 Å². The quantitative estimate of drug-likeness (QED) is 0.190. The van der Waals surface area contributed by atoms with Crippen LogP contribution in [-0.4, -0.2) is 84.2 Å². The number of hydrogen-bond donors (Lipinski definition) is 9. The highest BCUT2D eigenvalue weighted by Gasteiger charge is 2.54. The van der Waals surface area contributed by atoms with E-state index in [0.29, 0.717) is 0 Å². The van der Waals surface area contributed by atoms with Crippen molar-refractivity contribution in [2.24, 2.45) is 5.73 Å². The van der Waals surface area contributed by atoms with Crippen LogP contribution in [0, 0.1) is 6.92 Å². The molecule has 0 aliphatic carbocycles. The molecule has 0 bridgehead atoms. The Morgan fingerprint density at radius 3 is 2.31 bits per heavy atom. The number of carboxylic acid groups (broad SMARTS) is 3. The fourth-order valence-corrected chi connectivity index (χ4v) is 3.70. The summed E-state index contributed by atoms with van der Waals surface area (Å²) in [6, 6.07) is -1.97. The van der Waals surface area contributed by atoms with Gasteiger partial charge < -0.3 is 41.7 Å². The Hall–Kier alpha value is -3.42. The van der Waals surface area contributed by atoms with Crippen molar-refractivity contribution in [3.05, 3.63) is 23.3 Å². The fraction of sp³-hybridized carbons (Fsp3) is 0.474. The molecule has 0 aromatic heterocycles. The van der Waals surface area contributed by atoms with E-state index in [1.165, 1.54) is 13.0 Å². The van der Waals surface area contributed by atoms with Crippen LogP contribution in [0.1, 0.15) is 35.2 Å². The Labute approximate surface area is 181 Å². The van der Waals surface area contributed by atoms with Crippen molar-refractivity contribution >= 4 is 23.8 Å². The van der Waals surface area contributed by atoms with Crippen LogP contribution >= 0.6 is 0 Å². The minimum Gasteiger partial charge on any atom is -0.504 e. The first-order valence-electron chi connectivity index (χ1n) is 9.54. The van der Waals surface area contributed by atoms with Crippen LogP contribution in [0.15, 0.2) is 12.1 Å². The summed E-state index contributed by atoms with van der Waals surface area (Å²) in [5.41, 5.74) is 3.36. The summed E-state index contributed by atoms with van der Waals surface area (Å²) in [6.45, 7) is 1.43. The number of amides is 1. The second-order valence-corrected chi connectivity index (χ2v) is 7.73. The first kappa shape index (κ1) is 24.8. The van der Waals surface area contributed by atoms with E-state index >= 15 is 0 Å². The summed E-state index contributed by atoms with van der Waals surface area (Å²) in [4.78, 5) is 47.0. The Kier molecular flexibility index (Phi) is 7.28. The van der Waals surface area contributed by atoms with E-state index in [-0.39, 0.29) is 30.4 Å². The van der Waals surface area contributed by atoms with Gasteiger partial charge in [-0.05, 0) is 43.9 Å². The summed E-state index contributed by atoms with van der Waals surface area (Å²) in [7, 11) is 0. The maximum Gasteiger partial charge on any atom is 0.326 e. The summed E-state index contributed by atoms with van der Waals surface area (Å²) < 4.78 is 0. The summed E-state index contributed by atoms with van der Waals surface area (Å²) in [5.74, 6) is -6.41. The number of aliphatic carboxylic acids is 3. The average Bonchev–Trinajstić information content (AvgIpc) is 3.15. The molecule has 13 heteroatoms. The zero-order valence-electron chi connectivity index (χ0n) is 17.0. The van der Waals surface area contributed by atoms with Gasteiger partial charge in [0.25, 0.3) is 5.91 Å². The van der Waals surface area contributed by atoms with Gasteiger partial charge in [-0.2, -0.15) is 0 Å². The van der Waals surface area contributed by atoms with E-state index in [0.717, 1.165) is 6.07 Å². The molecule has 1 aliphatic rings. The normalized spacial score (nSPS) is 23.2. The van der Waals surface area contributed by atoms with Gasteiger partial charge in [0.05, 0.1) is 0 Å². The van der Waals surface area contributed by atoms with Gasteiger partial charge in [0, 0.05) is 11.6 Å². The molecule has 0 radical (unpaired) electrons.